The summed E-state index contributed by atoms with van der Waals surface area (Å²) in [4.78, 5) is 40.2. The number of nitrogens with zero attached hydrogens (tertiary/aromatic N) is 2. The quantitative estimate of drug-likeness (QED) is 0.534. The Labute approximate surface area is 204 Å². The molecular weight excluding hydrogens is 478 g/mol. The molecule has 0 spiro atoms. The summed E-state index contributed by atoms with van der Waals surface area (Å²) in [6.07, 6.45) is 0.842. The fourth-order valence-corrected chi connectivity index (χ4v) is 5.65. The zero-order valence-electron chi connectivity index (χ0n) is 19.2. The van der Waals surface area contributed by atoms with Gasteiger partial charge in [0.05, 0.1) is 5.56 Å². The summed E-state index contributed by atoms with van der Waals surface area (Å²) in [5.41, 5.74) is 0.754. The van der Waals surface area contributed by atoms with Crippen molar-refractivity contribution in [2.75, 3.05) is 13.1 Å². The number of hydrogen-bond acceptors (Lipinski definition) is 5. The summed E-state index contributed by atoms with van der Waals surface area (Å²) in [5, 5.41) is 3.28. The molecule has 10 heteroatoms. The summed E-state index contributed by atoms with van der Waals surface area (Å²) in [6.45, 7) is 3.97. The monoisotopic (exact) mass is 505 g/mol. The van der Waals surface area contributed by atoms with E-state index in [1.165, 1.54) is 17.0 Å². The van der Waals surface area contributed by atoms with E-state index in [0.717, 1.165) is 10.7 Å². The van der Waals surface area contributed by atoms with E-state index in [-0.39, 0.29) is 35.9 Å². The molecule has 0 saturated heterocycles. The second-order valence-electron chi connectivity index (χ2n) is 7.96. The second-order valence-corrected chi connectivity index (χ2v) is 10.2. The Morgan fingerprint density at radius 3 is 2.41 bits per heavy atom. The number of hydrogen-bond donors (Lipinski definition) is 1. The van der Waals surface area contributed by atoms with Crippen molar-refractivity contribution in [1.82, 2.24) is 14.5 Å². The van der Waals surface area contributed by atoms with Crippen LogP contribution in [0.2, 0.25) is 5.02 Å². The average molecular weight is 506 g/mol. The number of fused-ring (bicyclic) bond motifs is 1. The van der Waals surface area contributed by atoms with E-state index in [2.05, 4.69) is 5.32 Å². The van der Waals surface area contributed by atoms with Gasteiger partial charge < -0.3 is 10.2 Å². The lowest BCUT2D eigenvalue weighted by Crippen LogP contribution is -2.49. The molecule has 1 heterocycles. The number of amides is 3. The molecule has 0 bridgehead atoms. The Balaban J connectivity index is 1.83. The first-order chi connectivity index (χ1) is 16.2. The van der Waals surface area contributed by atoms with Crippen LogP contribution in [0.3, 0.4) is 0 Å². The fraction of sp³-hybridized carbons (Fsp3) is 0.375. The minimum Gasteiger partial charge on any atom is -0.354 e. The molecule has 3 rings (SSSR count). The molecule has 1 aliphatic rings. The maximum absolute atomic E-state index is 13.4. The molecule has 1 atom stereocenters. The molecule has 182 valence electrons. The van der Waals surface area contributed by atoms with E-state index < -0.39 is 27.9 Å². The predicted octanol–water partition coefficient (Wildman–Crippen LogP) is 3.21. The average Bonchev–Trinajstić information content (AvgIpc) is 3.02. The van der Waals surface area contributed by atoms with Gasteiger partial charge in [0.25, 0.3) is 15.9 Å². The molecule has 0 aliphatic carbocycles. The molecule has 1 unspecified atom stereocenters. The van der Waals surface area contributed by atoms with Crippen LogP contribution in [0.25, 0.3) is 0 Å². The largest absolute Gasteiger partial charge is 0.354 e. The Morgan fingerprint density at radius 2 is 1.76 bits per heavy atom. The van der Waals surface area contributed by atoms with Gasteiger partial charge in [0, 0.05) is 31.1 Å². The van der Waals surface area contributed by atoms with E-state index in [9.17, 15) is 22.8 Å². The molecule has 0 radical (unpaired) electrons. The van der Waals surface area contributed by atoms with Crippen molar-refractivity contribution in [3.63, 3.8) is 0 Å². The van der Waals surface area contributed by atoms with Crippen molar-refractivity contribution in [2.24, 2.45) is 0 Å². The van der Waals surface area contributed by atoms with Crippen molar-refractivity contribution in [3.8, 4) is 0 Å². The Bertz CT molecular complexity index is 1180. The van der Waals surface area contributed by atoms with Crippen LogP contribution in [-0.4, -0.2) is 54.5 Å². The van der Waals surface area contributed by atoms with Crippen LogP contribution >= 0.6 is 11.6 Å². The molecular formula is C24H28ClN3O5S. The molecule has 34 heavy (non-hydrogen) atoms. The number of sulfonamides is 1. The highest BCUT2D eigenvalue weighted by molar-refractivity contribution is 7.90. The third kappa shape index (κ3) is 5.26. The van der Waals surface area contributed by atoms with Crippen LogP contribution in [0.1, 0.15) is 49.0 Å². The number of nitrogens with one attached hydrogen (secondary N) is 1. The first-order valence-electron chi connectivity index (χ1n) is 11.2. The standard InChI is InChI=1S/C24H28ClN3O5S/c1-3-14-26-23(30)20(4-2)27(16-17-9-5-7-11-19(17)25)22(29)13-15-28-24(31)18-10-6-8-12-21(18)34(28,32)33/h5-12,20H,3-4,13-16H2,1-2H3,(H,26,30). The van der Waals surface area contributed by atoms with Gasteiger partial charge in [-0.05, 0) is 36.6 Å². The molecule has 1 aliphatic heterocycles. The topological polar surface area (TPSA) is 104 Å². The summed E-state index contributed by atoms with van der Waals surface area (Å²) in [6, 6.07) is 12.2. The van der Waals surface area contributed by atoms with Gasteiger partial charge in [-0.15, -0.1) is 0 Å². The van der Waals surface area contributed by atoms with Gasteiger partial charge in [-0.2, -0.15) is 0 Å². The molecule has 2 aromatic rings. The molecule has 0 aromatic heterocycles. The first-order valence-corrected chi connectivity index (χ1v) is 13.0. The minimum absolute atomic E-state index is 0.0641. The van der Waals surface area contributed by atoms with E-state index in [1.54, 1.807) is 43.3 Å². The summed E-state index contributed by atoms with van der Waals surface area (Å²) >= 11 is 6.30. The molecule has 3 amide bonds. The number of halogens is 1. The van der Waals surface area contributed by atoms with Crippen molar-refractivity contribution < 1.29 is 22.8 Å². The number of benzene rings is 2. The van der Waals surface area contributed by atoms with Crippen LogP contribution in [0.5, 0.6) is 0 Å². The maximum Gasteiger partial charge on any atom is 0.269 e. The zero-order chi connectivity index (χ0) is 24.9. The lowest BCUT2D eigenvalue weighted by molar-refractivity contribution is -0.141. The minimum atomic E-state index is -4.02. The van der Waals surface area contributed by atoms with Crippen LogP contribution in [0.4, 0.5) is 0 Å². The number of carbonyl (C=O) groups excluding carboxylic acids is 3. The SMILES string of the molecule is CCCNC(=O)C(CC)N(Cc1ccccc1Cl)C(=O)CCN1C(=O)c2ccccc2S1(=O)=O. The molecule has 2 aromatic carbocycles. The van der Waals surface area contributed by atoms with Crippen molar-refractivity contribution in [3.05, 3.63) is 64.7 Å². The Kier molecular flexibility index (Phi) is 8.33. The smallest absolute Gasteiger partial charge is 0.269 e. The fourth-order valence-electron chi connectivity index (χ4n) is 3.89. The first kappa shape index (κ1) is 25.7. The van der Waals surface area contributed by atoms with Crippen LogP contribution in [0.15, 0.2) is 53.4 Å². The van der Waals surface area contributed by atoms with Crippen molar-refractivity contribution in [2.45, 2.75) is 50.6 Å². The van der Waals surface area contributed by atoms with Gasteiger partial charge in [-0.3, -0.25) is 14.4 Å². The summed E-state index contributed by atoms with van der Waals surface area (Å²) in [5.74, 6) is -1.40. The maximum atomic E-state index is 13.4. The lowest BCUT2D eigenvalue weighted by atomic mass is 10.1. The van der Waals surface area contributed by atoms with Gasteiger partial charge in [0.15, 0.2) is 0 Å². The highest BCUT2D eigenvalue weighted by atomic mass is 35.5. The Morgan fingerprint density at radius 1 is 1.09 bits per heavy atom. The van der Waals surface area contributed by atoms with E-state index in [0.29, 0.717) is 23.6 Å². The zero-order valence-corrected chi connectivity index (χ0v) is 20.7. The highest BCUT2D eigenvalue weighted by Gasteiger charge is 2.41. The van der Waals surface area contributed by atoms with Gasteiger partial charge in [-0.25, -0.2) is 12.7 Å². The molecule has 1 N–H and O–H groups in total. The summed E-state index contributed by atoms with van der Waals surface area (Å²) in [7, 11) is -4.02. The van der Waals surface area contributed by atoms with Crippen LogP contribution in [0, 0.1) is 0 Å². The van der Waals surface area contributed by atoms with Gasteiger partial charge >= 0.3 is 0 Å². The van der Waals surface area contributed by atoms with E-state index in [4.69, 9.17) is 11.6 Å². The highest BCUT2D eigenvalue weighted by Crippen LogP contribution is 2.30. The van der Waals surface area contributed by atoms with E-state index in [1.807, 2.05) is 6.92 Å². The summed E-state index contributed by atoms with van der Waals surface area (Å²) < 4.78 is 26.4. The van der Waals surface area contributed by atoms with Gasteiger partial charge in [-0.1, -0.05) is 55.8 Å². The Hall–Kier alpha value is -2.91. The van der Waals surface area contributed by atoms with Gasteiger partial charge in [0.1, 0.15) is 10.9 Å². The van der Waals surface area contributed by atoms with Crippen LogP contribution < -0.4 is 5.32 Å². The number of carbonyl (C=O) groups is 3. The second kappa shape index (κ2) is 11.0. The van der Waals surface area contributed by atoms with Crippen molar-refractivity contribution in [1.29, 1.82) is 0 Å². The molecule has 8 nitrogen and oxygen atoms in total. The van der Waals surface area contributed by atoms with Crippen LogP contribution in [-0.2, 0) is 26.2 Å². The molecule has 0 fully saturated rings. The molecule has 0 saturated carbocycles. The van der Waals surface area contributed by atoms with Crippen molar-refractivity contribution >= 4 is 39.3 Å². The van der Waals surface area contributed by atoms with Gasteiger partial charge in [0.2, 0.25) is 11.8 Å². The third-order valence-corrected chi connectivity index (χ3v) is 7.88. The lowest BCUT2D eigenvalue weighted by Gasteiger charge is -2.31. The normalized spacial score (nSPS) is 15.0. The third-order valence-electron chi connectivity index (χ3n) is 5.67. The number of rotatable bonds is 10. The predicted molar refractivity (Wildman–Crippen MR) is 129 cm³/mol. The van der Waals surface area contributed by atoms with E-state index >= 15 is 0 Å².